The monoisotopic (exact) mass is 289 g/mol. The van der Waals surface area contributed by atoms with Gasteiger partial charge in [-0.25, -0.2) is 0 Å². The highest BCUT2D eigenvalue weighted by atomic mass is 32.1. The third-order valence-corrected chi connectivity index (χ3v) is 4.04. The molecule has 0 atom stereocenters. The van der Waals surface area contributed by atoms with E-state index in [1.54, 1.807) is 0 Å². The number of hydrogen-bond acceptors (Lipinski definition) is 2. The molecule has 0 saturated heterocycles. The van der Waals surface area contributed by atoms with Crippen LogP contribution in [0.1, 0.15) is 49.7 Å². The van der Waals surface area contributed by atoms with Crippen molar-refractivity contribution in [2.45, 2.75) is 52.4 Å². The largest absolute Gasteiger partial charge is 0.331 e. The van der Waals surface area contributed by atoms with Crippen molar-refractivity contribution in [3.63, 3.8) is 0 Å². The molecule has 0 spiro atoms. The fraction of sp³-hybridized carbons (Fsp3) is 0.500. The number of hydrogen-bond donors (Lipinski definition) is 2. The van der Waals surface area contributed by atoms with Gasteiger partial charge in [0, 0.05) is 11.4 Å². The first-order chi connectivity index (χ1) is 9.66. The molecular weight excluding hydrogens is 266 g/mol. The topological polar surface area (TPSA) is 36.4 Å². The van der Waals surface area contributed by atoms with Crippen LogP contribution in [-0.2, 0) is 0 Å². The van der Waals surface area contributed by atoms with Crippen LogP contribution in [0.15, 0.2) is 23.3 Å². The molecule has 108 valence electrons. The number of nitrogens with one attached hydrogen (secondary N) is 2. The molecule has 1 aromatic rings. The molecule has 0 aromatic heterocycles. The van der Waals surface area contributed by atoms with Gasteiger partial charge in [0.25, 0.3) is 0 Å². The number of hydrazone groups is 1. The van der Waals surface area contributed by atoms with E-state index in [9.17, 15) is 0 Å². The molecule has 0 bridgehead atoms. The maximum atomic E-state index is 5.31. The Hall–Kier alpha value is -1.42. The fourth-order valence-corrected chi connectivity index (χ4v) is 2.57. The molecule has 0 unspecified atom stereocenters. The number of rotatable bonds is 2. The Bertz CT molecular complexity index is 498. The molecule has 0 amide bonds. The van der Waals surface area contributed by atoms with E-state index in [1.165, 1.54) is 42.5 Å². The summed E-state index contributed by atoms with van der Waals surface area (Å²) in [6, 6.07) is 6.17. The Labute approximate surface area is 126 Å². The van der Waals surface area contributed by atoms with Crippen molar-refractivity contribution in [3.05, 3.63) is 29.3 Å². The minimum Gasteiger partial charge on any atom is -0.331 e. The van der Waals surface area contributed by atoms with Crippen LogP contribution in [0.2, 0.25) is 0 Å². The van der Waals surface area contributed by atoms with Crippen molar-refractivity contribution in [2.75, 3.05) is 5.32 Å². The van der Waals surface area contributed by atoms with Crippen molar-refractivity contribution < 1.29 is 0 Å². The van der Waals surface area contributed by atoms with Crippen molar-refractivity contribution in [2.24, 2.45) is 5.10 Å². The minimum absolute atomic E-state index is 0.565. The van der Waals surface area contributed by atoms with Gasteiger partial charge in [-0.1, -0.05) is 25.0 Å². The van der Waals surface area contributed by atoms with E-state index in [-0.39, 0.29) is 0 Å². The van der Waals surface area contributed by atoms with E-state index in [4.69, 9.17) is 12.2 Å². The molecule has 1 saturated carbocycles. The lowest BCUT2D eigenvalue weighted by Crippen LogP contribution is -2.25. The van der Waals surface area contributed by atoms with E-state index in [2.05, 4.69) is 35.8 Å². The van der Waals surface area contributed by atoms with Crippen molar-refractivity contribution in [3.8, 4) is 0 Å². The normalized spacial score (nSPS) is 15.4. The molecule has 20 heavy (non-hydrogen) atoms. The van der Waals surface area contributed by atoms with E-state index in [1.807, 2.05) is 12.1 Å². The van der Waals surface area contributed by atoms with E-state index in [0.717, 1.165) is 18.5 Å². The minimum atomic E-state index is 0.565. The van der Waals surface area contributed by atoms with Gasteiger partial charge in [-0.15, -0.1) is 0 Å². The summed E-state index contributed by atoms with van der Waals surface area (Å²) in [4.78, 5) is 0. The zero-order valence-electron chi connectivity index (χ0n) is 12.3. The van der Waals surface area contributed by atoms with E-state index in [0.29, 0.717) is 5.11 Å². The molecule has 0 radical (unpaired) electrons. The summed E-state index contributed by atoms with van der Waals surface area (Å²) in [5, 5.41) is 8.24. The van der Waals surface area contributed by atoms with Gasteiger partial charge >= 0.3 is 0 Å². The number of anilines is 1. The molecule has 1 aliphatic rings. The number of benzene rings is 1. The summed E-state index contributed by atoms with van der Waals surface area (Å²) >= 11 is 5.31. The number of aryl methyl sites for hydroxylation is 1. The van der Waals surface area contributed by atoms with Gasteiger partial charge in [-0.2, -0.15) is 5.10 Å². The Balaban J connectivity index is 1.92. The lowest BCUT2D eigenvalue weighted by molar-refractivity contribution is 0.702. The second-order valence-corrected chi connectivity index (χ2v) is 5.81. The van der Waals surface area contributed by atoms with Gasteiger partial charge < -0.3 is 5.32 Å². The molecule has 3 nitrogen and oxygen atoms in total. The molecule has 0 heterocycles. The highest BCUT2D eigenvalue weighted by Gasteiger charge is 2.06. The summed E-state index contributed by atoms with van der Waals surface area (Å²) in [6.45, 7) is 4.19. The molecule has 4 heteroatoms. The molecule has 1 aromatic carbocycles. The quantitative estimate of drug-likeness (QED) is 0.484. The van der Waals surface area contributed by atoms with Gasteiger partial charge in [0.2, 0.25) is 0 Å². The summed E-state index contributed by atoms with van der Waals surface area (Å²) < 4.78 is 0. The second kappa shape index (κ2) is 7.39. The smallest absolute Gasteiger partial charge is 0.191 e. The standard InChI is InChI=1S/C16H23N3S/c1-12-8-7-11-15(13(12)2)17-16(20)19-18-14-9-5-3-4-6-10-14/h7-8,11H,3-6,9-10H2,1-2H3,(H2,17,19,20). The Kier molecular flexibility index (Phi) is 5.53. The molecule has 1 fully saturated rings. The van der Waals surface area contributed by atoms with Crippen LogP contribution in [0.5, 0.6) is 0 Å². The summed E-state index contributed by atoms with van der Waals surface area (Å²) in [7, 11) is 0. The summed E-state index contributed by atoms with van der Waals surface area (Å²) in [6.07, 6.45) is 7.34. The first kappa shape index (κ1) is 15.0. The lowest BCUT2D eigenvalue weighted by Gasteiger charge is -2.12. The van der Waals surface area contributed by atoms with Crippen LogP contribution in [0.4, 0.5) is 5.69 Å². The van der Waals surface area contributed by atoms with Crippen LogP contribution in [0, 0.1) is 13.8 Å². The molecule has 0 aliphatic heterocycles. The van der Waals surface area contributed by atoms with Gasteiger partial charge in [-0.05, 0) is 68.9 Å². The summed E-state index contributed by atoms with van der Waals surface area (Å²) in [5.41, 5.74) is 7.75. The third-order valence-electron chi connectivity index (χ3n) is 3.85. The number of nitrogens with zero attached hydrogens (tertiary/aromatic N) is 1. The Morgan fingerprint density at radius 3 is 2.50 bits per heavy atom. The predicted octanol–water partition coefficient (Wildman–Crippen LogP) is 4.30. The molecular formula is C16H23N3S. The Morgan fingerprint density at radius 1 is 1.10 bits per heavy atom. The van der Waals surface area contributed by atoms with Crippen LogP contribution >= 0.6 is 12.2 Å². The molecule has 2 rings (SSSR count). The zero-order chi connectivity index (χ0) is 14.4. The van der Waals surface area contributed by atoms with Gasteiger partial charge in [0.15, 0.2) is 5.11 Å². The SMILES string of the molecule is Cc1cccc(NC(=S)NN=C2CCCCCC2)c1C. The maximum absolute atomic E-state index is 5.31. The molecule has 1 aliphatic carbocycles. The van der Waals surface area contributed by atoms with Crippen molar-refractivity contribution in [1.82, 2.24) is 5.43 Å². The van der Waals surface area contributed by atoms with Gasteiger partial charge in [0.1, 0.15) is 0 Å². The zero-order valence-corrected chi connectivity index (χ0v) is 13.1. The van der Waals surface area contributed by atoms with Gasteiger partial charge in [0.05, 0.1) is 0 Å². The average Bonchev–Trinajstić information content (AvgIpc) is 2.70. The van der Waals surface area contributed by atoms with E-state index < -0.39 is 0 Å². The first-order valence-corrected chi connectivity index (χ1v) is 7.76. The van der Waals surface area contributed by atoms with Crippen LogP contribution < -0.4 is 10.7 Å². The van der Waals surface area contributed by atoms with Crippen molar-refractivity contribution >= 4 is 28.7 Å². The second-order valence-electron chi connectivity index (χ2n) is 5.41. The van der Waals surface area contributed by atoms with Crippen molar-refractivity contribution in [1.29, 1.82) is 0 Å². The molecule has 2 N–H and O–H groups in total. The summed E-state index contributed by atoms with van der Waals surface area (Å²) in [5.74, 6) is 0. The maximum Gasteiger partial charge on any atom is 0.191 e. The average molecular weight is 289 g/mol. The Morgan fingerprint density at radius 2 is 1.80 bits per heavy atom. The van der Waals surface area contributed by atoms with E-state index >= 15 is 0 Å². The highest BCUT2D eigenvalue weighted by molar-refractivity contribution is 7.80. The fourth-order valence-electron chi connectivity index (χ4n) is 2.42. The van der Waals surface area contributed by atoms with Crippen LogP contribution in [0.3, 0.4) is 0 Å². The lowest BCUT2D eigenvalue weighted by atomic mass is 10.1. The van der Waals surface area contributed by atoms with Crippen LogP contribution in [-0.4, -0.2) is 10.8 Å². The van der Waals surface area contributed by atoms with Crippen LogP contribution in [0.25, 0.3) is 0 Å². The first-order valence-electron chi connectivity index (χ1n) is 7.35. The predicted molar refractivity (Wildman–Crippen MR) is 90.4 cm³/mol. The number of thiocarbonyl (C=S) groups is 1. The van der Waals surface area contributed by atoms with Gasteiger partial charge in [-0.3, -0.25) is 5.43 Å². The highest BCUT2D eigenvalue weighted by Crippen LogP contribution is 2.18. The third kappa shape index (κ3) is 4.30.